The van der Waals surface area contributed by atoms with Crippen LogP contribution in [0.5, 0.6) is 0 Å². The van der Waals surface area contributed by atoms with Crippen molar-refractivity contribution in [1.29, 1.82) is 0 Å². The Hall–Kier alpha value is -1.31. The second kappa shape index (κ2) is 5.99. The topological polar surface area (TPSA) is 26.0 Å². The summed E-state index contributed by atoms with van der Waals surface area (Å²) in [6.45, 7) is 8.52. The molecule has 2 aromatic rings. The van der Waals surface area contributed by atoms with Crippen molar-refractivity contribution in [3.8, 4) is 0 Å². The average molecular weight is 288 g/mol. The van der Waals surface area contributed by atoms with Gasteiger partial charge in [-0.3, -0.25) is 0 Å². The molecule has 0 radical (unpaired) electrons. The van der Waals surface area contributed by atoms with E-state index in [-0.39, 0.29) is 6.04 Å². The zero-order valence-electron chi connectivity index (χ0n) is 12.6. The van der Waals surface area contributed by atoms with Crippen LogP contribution in [-0.2, 0) is 6.42 Å². The van der Waals surface area contributed by atoms with Crippen LogP contribution < -0.4 is 5.73 Å². The van der Waals surface area contributed by atoms with E-state index in [1.54, 1.807) is 0 Å². The van der Waals surface area contributed by atoms with Crippen molar-refractivity contribution in [1.82, 2.24) is 0 Å². The first kappa shape index (κ1) is 15.1. The molecular formula is C18H22ClN. The van der Waals surface area contributed by atoms with E-state index in [2.05, 4.69) is 39.8 Å². The Morgan fingerprint density at radius 3 is 2.10 bits per heavy atom. The molecule has 2 heteroatoms. The van der Waals surface area contributed by atoms with Crippen molar-refractivity contribution in [3.63, 3.8) is 0 Å². The fourth-order valence-electron chi connectivity index (χ4n) is 2.92. The van der Waals surface area contributed by atoms with E-state index in [0.29, 0.717) is 0 Å². The van der Waals surface area contributed by atoms with Crippen LogP contribution in [0.1, 0.15) is 39.4 Å². The summed E-state index contributed by atoms with van der Waals surface area (Å²) in [7, 11) is 0. The zero-order chi connectivity index (χ0) is 14.9. The van der Waals surface area contributed by atoms with Gasteiger partial charge in [0.05, 0.1) is 0 Å². The van der Waals surface area contributed by atoms with Gasteiger partial charge in [0.25, 0.3) is 0 Å². The van der Waals surface area contributed by atoms with Crippen LogP contribution in [-0.4, -0.2) is 0 Å². The molecule has 0 aliphatic rings. The quantitative estimate of drug-likeness (QED) is 0.861. The van der Waals surface area contributed by atoms with Gasteiger partial charge in [-0.25, -0.2) is 0 Å². The van der Waals surface area contributed by atoms with Crippen molar-refractivity contribution in [2.24, 2.45) is 5.73 Å². The lowest BCUT2D eigenvalue weighted by Gasteiger charge is -2.18. The van der Waals surface area contributed by atoms with E-state index in [0.717, 1.165) is 17.0 Å². The number of nitrogens with two attached hydrogens (primary N) is 1. The largest absolute Gasteiger partial charge is 0.324 e. The molecule has 2 rings (SSSR count). The van der Waals surface area contributed by atoms with Crippen molar-refractivity contribution in [3.05, 3.63) is 68.7 Å². The summed E-state index contributed by atoms with van der Waals surface area (Å²) in [5.74, 6) is 0. The van der Waals surface area contributed by atoms with Gasteiger partial charge >= 0.3 is 0 Å². The van der Waals surface area contributed by atoms with E-state index in [9.17, 15) is 0 Å². The Kier molecular flexibility index (Phi) is 4.52. The third-order valence-electron chi connectivity index (χ3n) is 3.90. The van der Waals surface area contributed by atoms with Gasteiger partial charge in [-0.15, -0.1) is 0 Å². The first-order valence-electron chi connectivity index (χ1n) is 6.97. The fraction of sp³-hybridized carbons (Fsp3) is 0.333. The zero-order valence-corrected chi connectivity index (χ0v) is 13.4. The molecule has 20 heavy (non-hydrogen) atoms. The Morgan fingerprint density at radius 2 is 1.55 bits per heavy atom. The van der Waals surface area contributed by atoms with Crippen LogP contribution in [0.4, 0.5) is 0 Å². The van der Waals surface area contributed by atoms with Crippen LogP contribution in [0.2, 0.25) is 5.02 Å². The van der Waals surface area contributed by atoms with Crippen molar-refractivity contribution >= 4 is 11.6 Å². The van der Waals surface area contributed by atoms with Gasteiger partial charge in [0.1, 0.15) is 0 Å². The predicted octanol–water partition coefficient (Wildman–Crippen LogP) is 4.82. The van der Waals surface area contributed by atoms with Crippen molar-refractivity contribution < 1.29 is 0 Å². The maximum absolute atomic E-state index is 6.41. The first-order valence-corrected chi connectivity index (χ1v) is 7.34. The molecular weight excluding hydrogens is 266 g/mol. The van der Waals surface area contributed by atoms with E-state index in [1.807, 2.05) is 18.2 Å². The molecule has 1 nitrogen and oxygen atoms in total. The fourth-order valence-corrected chi connectivity index (χ4v) is 3.14. The van der Waals surface area contributed by atoms with Crippen LogP contribution >= 0.6 is 11.6 Å². The number of halogens is 1. The molecule has 2 aromatic carbocycles. The monoisotopic (exact) mass is 287 g/mol. The molecule has 0 heterocycles. The number of rotatable bonds is 3. The summed E-state index contributed by atoms with van der Waals surface area (Å²) in [5.41, 5.74) is 14.1. The van der Waals surface area contributed by atoms with Crippen LogP contribution in [0.15, 0.2) is 30.3 Å². The Morgan fingerprint density at radius 1 is 0.950 bits per heavy atom. The number of hydrogen-bond donors (Lipinski definition) is 1. The molecule has 0 saturated carbocycles. The molecule has 0 saturated heterocycles. The minimum atomic E-state index is 0.00683. The van der Waals surface area contributed by atoms with Gasteiger partial charge in [0, 0.05) is 11.1 Å². The Bertz CT molecular complexity index is 608. The maximum Gasteiger partial charge on any atom is 0.0408 e. The van der Waals surface area contributed by atoms with E-state index < -0.39 is 0 Å². The minimum absolute atomic E-state index is 0.00683. The molecule has 0 bridgehead atoms. The van der Waals surface area contributed by atoms with Gasteiger partial charge < -0.3 is 5.73 Å². The van der Waals surface area contributed by atoms with Gasteiger partial charge in [-0.05, 0) is 74.1 Å². The lowest BCUT2D eigenvalue weighted by Crippen LogP contribution is -2.16. The minimum Gasteiger partial charge on any atom is -0.324 e. The van der Waals surface area contributed by atoms with Crippen molar-refractivity contribution in [2.75, 3.05) is 0 Å². The van der Waals surface area contributed by atoms with Crippen LogP contribution in [0.25, 0.3) is 0 Å². The first-order chi connectivity index (χ1) is 9.38. The molecule has 0 amide bonds. The molecule has 0 fully saturated rings. The lowest BCUT2D eigenvalue weighted by molar-refractivity contribution is 0.710. The Labute approximate surface area is 126 Å². The van der Waals surface area contributed by atoms with E-state index in [4.69, 9.17) is 17.3 Å². The molecule has 0 aliphatic carbocycles. The SMILES string of the molecule is Cc1cc(C)c(CC(N)c2ccc(Cl)cc2C)c(C)c1. The summed E-state index contributed by atoms with van der Waals surface area (Å²) in [4.78, 5) is 0. The standard InChI is InChI=1S/C18H22ClN/c1-11-7-12(2)17(13(3)8-11)10-18(20)16-6-5-15(19)9-14(16)4/h5-9,18H,10,20H2,1-4H3. The summed E-state index contributed by atoms with van der Waals surface area (Å²) in [6.07, 6.45) is 0.862. The second-order valence-electron chi connectivity index (χ2n) is 5.69. The van der Waals surface area contributed by atoms with Crippen LogP contribution in [0, 0.1) is 27.7 Å². The molecule has 0 spiro atoms. The summed E-state index contributed by atoms with van der Waals surface area (Å²) in [5, 5.41) is 0.765. The van der Waals surface area contributed by atoms with Gasteiger partial charge in [-0.2, -0.15) is 0 Å². The van der Waals surface area contributed by atoms with Gasteiger partial charge in [0.2, 0.25) is 0 Å². The molecule has 2 N–H and O–H groups in total. The second-order valence-corrected chi connectivity index (χ2v) is 6.13. The van der Waals surface area contributed by atoms with Crippen LogP contribution in [0.3, 0.4) is 0 Å². The van der Waals surface area contributed by atoms with Gasteiger partial charge in [0.15, 0.2) is 0 Å². The summed E-state index contributed by atoms with van der Waals surface area (Å²) in [6, 6.07) is 10.4. The molecule has 1 atom stereocenters. The Balaban J connectivity index is 2.30. The molecule has 106 valence electrons. The van der Waals surface area contributed by atoms with Crippen molar-refractivity contribution in [2.45, 2.75) is 40.2 Å². The molecule has 0 aliphatic heterocycles. The van der Waals surface area contributed by atoms with E-state index in [1.165, 1.54) is 27.8 Å². The highest BCUT2D eigenvalue weighted by molar-refractivity contribution is 6.30. The third-order valence-corrected chi connectivity index (χ3v) is 4.13. The smallest absolute Gasteiger partial charge is 0.0408 e. The molecule has 1 unspecified atom stereocenters. The summed E-state index contributed by atoms with van der Waals surface area (Å²) >= 11 is 6.01. The lowest BCUT2D eigenvalue weighted by atomic mass is 9.90. The highest BCUT2D eigenvalue weighted by Gasteiger charge is 2.13. The number of aryl methyl sites for hydroxylation is 4. The average Bonchev–Trinajstić information content (AvgIpc) is 2.33. The normalized spacial score (nSPS) is 12.5. The predicted molar refractivity (Wildman–Crippen MR) is 87.5 cm³/mol. The maximum atomic E-state index is 6.41. The molecule has 0 aromatic heterocycles. The third kappa shape index (κ3) is 3.23. The summed E-state index contributed by atoms with van der Waals surface area (Å²) < 4.78 is 0. The van der Waals surface area contributed by atoms with E-state index >= 15 is 0 Å². The number of benzene rings is 2. The van der Waals surface area contributed by atoms with Gasteiger partial charge in [-0.1, -0.05) is 35.4 Å². The highest BCUT2D eigenvalue weighted by Crippen LogP contribution is 2.26. The highest BCUT2D eigenvalue weighted by atomic mass is 35.5. The number of hydrogen-bond acceptors (Lipinski definition) is 1.